The summed E-state index contributed by atoms with van der Waals surface area (Å²) < 4.78 is 47.3. The third-order valence-corrected chi connectivity index (χ3v) is 7.54. The molecule has 0 bridgehead atoms. The van der Waals surface area contributed by atoms with Crippen LogP contribution >= 0.6 is 0 Å². The van der Waals surface area contributed by atoms with Crippen molar-refractivity contribution in [2.75, 3.05) is 11.9 Å². The Hall–Kier alpha value is -4.26. The first-order valence-electron chi connectivity index (χ1n) is 12.4. The number of imidazole rings is 1. The quantitative estimate of drug-likeness (QED) is 0.278. The monoisotopic (exact) mass is 556 g/mol. The molecule has 0 fully saturated rings. The van der Waals surface area contributed by atoms with Crippen LogP contribution in [0.4, 0.5) is 14.9 Å². The lowest BCUT2D eigenvalue weighted by atomic mass is 10.0. The van der Waals surface area contributed by atoms with Gasteiger partial charge in [-0.1, -0.05) is 13.8 Å². The van der Waals surface area contributed by atoms with E-state index in [1.807, 2.05) is 18.6 Å². The average Bonchev–Trinajstić information content (AvgIpc) is 3.22. The maximum atomic E-state index is 13.2. The molecule has 2 aromatic heterocycles. The van der Waals surface area contributed by atoms with E-state index in [2.05, 4.69) is 20.4 Å². The Morgan fingerprint density at radius 2 is 1.82 bits per heavy atom. The molecule has 206 valence electrons. The molecule has 0 saturated carbocycles. The molecule has 3 N–H and O–H groups in total. The van der Waals surface area contributed by atoms with Gasteiger partial charge in [-0.05, 0) is 69.2 Å². The normalized spacial score (nSPS) is 11.6. The predicted molar refractivity (Wildman–Crippen MR) is 144 cm³/mol. The van der Waals surface area contributed by atoms with Crippen molar-refractivity contribution >= 4 is 27.3 Å². The Balaban J connectivity index is 1.71. The van der Waals surface area contributed by atoms with Gasteiger partial charge in [-0.2, -0.15) is 0 Å². The number of nitrogens with zero attached hydrogens (tertiary/aromatic N) is 3. The summed E-state index contributed by atoms with van der Waals surface area (Å²) in [4.78, 5) is 32.8. The number of halogens is 1. The number of H-pyrrole nitrogens is 1. The Morgan fingerprint density at radius 3 is 2.46 bits per heavy atom. The van der Waals surface area contributed by atoms with Gasteiger partial charge < -0.3 is 15.0 Å². The van der Waals surface area contributed by atoms with E-state index in [-0.39, 0.29) is 27.9 Å². The molecule has 11 nitrogen and oxygen atoms in total. The summed E-state index contributed by atoms with van der Waals surface area (Å²) in [5.41, 5.74) is 1.11. The summed E-state index contributed by atoms with van der Waals surface area (Å²) in [6.07, 6.45) is 1.64. The van der Waals surface area contributed by atoms with Crippen LogP contribution in [0, 0.1) is 12.7 Å². The van der Waals surface area contributed by atoms with Crippen LogP contribution < -0.4 is 20.3 Å². The second-order valence-electron chi connectivity index (χ2n) is 8.79. The smallest absolute Gasteiger partial charge is 0.333 e. The number of aryl methyl sites for hydroxylation is 1. The molecule has 0 spiro atoms. The van der Waals surface area contributed by atoms with E-state index in [1.165, 1.54) is 12.1 Å². The molecule has 39 heavy (non-hydrogen) atoms. The molecular formula is C26H29FN6O5S. The van der Waals surface area contributed by atoms with Crippen molar-refractivity contribution in [1.82, 2.24) is 24.3 Å². The lowest BCUT2D eigenvalue weighted by Gasteiger charge is -2.14. The van der Waals surface area contributed by atoms with Gasteiger partial charge in [0, 0.05) is 11.6 Å². The number of urea groups is 1. The molecule has 0 aliphatic rings. The number of fused-ring (bicyclic) bond motifs is 1. The summed E-state index contributed by atoms with van der Waals surface area (Å²) >= 11 is 0. The first-order valence-corrected chi connectivity index (χ1v) is 13.9. The molecule has 2 heterocycles. The predicted octanol–water partition coefficient (Wildman–Crippen LogP) is 4.34. The third-order valence-electron chi connectivity index (χ3n) is 6.19. The zero-order valence-electron chi connectivity index (χ0n) is 21.9. The third kappa shape index (κ3) is 5.77. The highest BCUT2D eigenvalue weighted by atomic mass is 32.2. The highest BCUT2D eigenvalue weighted by Gasteiger charge is 2.22. The van der Waals surface area contributed by atoms with Gasteiger partial charge in [-0.3, -0.25) is 4.79 Å². The first kappa shape index (κ1) is 27.8. The number of carbonyl (C=O) groups is 1. The second kappa shape index (κ2) is 11.2. The molecule has 4 aromatic rings. The number of anilines is 1. The fourth-order valence-corrected chi connectivity index (χ4v) is 5.17. The van der Waals surface area contributed by atoms with Crippen LogP contribution in [-0.4, -0.2) is 40.6 Å². The number of sulfonamides is 1. The number of aromatic amines is 1. The van der Waals surface area contributed by atoms with Crippen molar-refractivity contribution in [2.45, 2.75) is 51.3 Å². The number of amides is 2. The van der Waals surface area contributed by atoms with Gasteiger partial charge in [0.2, 0.25) is 0 Å². The van der Waals surface area contributed by atoms with Gasteiger partial charge in [0.15, 0.2) is 11.3 Å². The Labute approximate surface area is 224 Å². The van der Waals surface area contributed by atoms with Gasteiger partial charge in [0.1, 0.15) is 17.4 Å². The minimum atomic E-state index is -4.24. The minimum absolute atomic E-state index is 0.0967. The zero-order valence-corrected chi connectivity index (χ0v) is 22.7. The maximum Gasteiger partial charge on any atom is 0.333 e. The summed E-state index contributed by atoms with van der Waals surface area (Å²) in [7, 11) is -4.24. The maximum absolute atomic E-state index is 13.2. The second-order valence-corrected chi connectivity index (χ2v) is 10.5. The molecule has 0 saturated heterocycles. The van der Waals surface area contributed by atoms with Gasteiger partial charge in [-0.25, -0.2) is 31.8 Å². The van der Waals surface area contributed by atoms with Gasteiger partial charge >= 0.3 is 6.03 Å². The number of rotatable bonds is 9. The number of ether oxygens (including phenoxy) is 1. The molecule has 4 rings (SSSR count). The highest BCUT2D eigenvalue weighted by molar-refractivity contribution is 7.90. The molecule has 13 heteroatoms. The summed E-state index contributed by atoms with van der Waals surface area (Å²) in [5, 5.41) is 7.14. The molecule has 0 aliphatic heterocycles. The van der Waals surface area contributed by atoms with Crippen molar-refractivity contribution in [1.29, 1.82) is 0 Å². The van der Waals surface area contributed by atoms with E-state index < -0.39 is 21.9 Å². The van der Waals surface area contributed by atoms with E-state index in [9.17, 15) is 22.4 Å². The lowest BCUT2D eigenvalue weighted by molar-refractivity contribution is 0.256. The Bertz CT molecular complexity index is 1680. The van der Waals surface area contributed by atoms with Crippen molar-refractivity contribution < 1.29 is 22.3 Å². The molecule has 0 aliphatic carbocycles. The Morgan fingerprint density at radius 1 is 1.13 bits per heavy atom. The summed E-state index contributed by atoms with van der Waals surface area (Å²) in [6, 6.07) is 7.63. The molecule has 2 amide bonds. The number of nitrogens with one attached hydrogen (secondary N) is 3. The molecule has 2 aromatic carbocycles. The Kier molecular flexibility index (Phi) is 8.00. The average molecular weight is 557 g/mol. The van der Waals surface area contributed by atoms with Crippen LogP contribution in [0.2, 0.25) is 0 Å². The number of aromatic nitrogens is 4. The van der Waals surface area contributed by atoms with Crippen LogP contribution in [-0.2, 0) is 10.0 Å². The fourth-order valence-electron chi connectivity index (χ4n) is 4.26. The van der Waals surface area contributed by atoms with Crippen molar-refractivity contribution in [3.63, 3.8) is 0 Å². The first-order chi connectivity index (χ1) is 18.6. The lowest BCUT2D eigenvalue weighted by Crippen LogP contribution is -2.34. The van der Waals surface area contributed by atoms with E-state index in [4.69, 9.17) is 4.74 Å². The van der Waals surface area contributed by atoms with Crippen LogP contribution in [0.5, 0.6) is 5.75 Å². The van der Waals surface area contributed by atoms with Gasteiger partial charge in [0.25, 0.3) is 15.6 Å². The number of carbonyl (C=O) groups excluding carboxylic acids is 1. The largest absolute Gasteiger partial charge is 0.493 e. The van der Waals surface area contributed by atoms with Gasteiger partial charge in [-0.15, -0.1) is 5.10 Å². The van der Waals surface area contributed by atoms with E-state index in [0.717, 1.165) is 37.1 Å². The molecule has 0 radical (unpaired) electrons. The number of hydrogen-bond donors (Lipinski definition) is 3. The highest BCUT2D eigenvalue weighted by Crippen LogP contribution is 2.31. The fraction of sp³-hybridized carbons (Fsp3) is 0.308. The molecule has 0 unspecified atom stereocenters. The van der Waals surface area contributed by atoms with Crippen LogP contribution in [0.25, 0.3) is 16.9 Å². The van der Waals surface area contributed by atoms with E-state index >= 15 is 0 Å². The van der Waals surface area contributed by atoms with Crippen molar-refractivity contribution in [3.05, 3.63) is 70.2 Å². The van der Waals surface area contributed by atoms with E-state index in [1.54, 1.807) is 24.4 Å². The van der Waals surface area contributed by atoms with Crippen LogP contribution in [0.3, 0.4) is 0 Å². The van der Waals surface area contributed by atoms with Gasteiger partial charge in [0.05, 0.1) is 22.8 Å². The molecule has 0 atom stereocenters. The van der Waals surface area contributed by atoms with E-state index in [0.29, 0.717) is 35.0 Å². The van der Waals surface area contributed by atoms with Crippen molar-refractivity contribution in [3.8, 4) is 17.1 Å². The SMILES string of the molecule is CCOc1ccc(NC(=O)NS(=O)(=O)c2ccc(F)cc2)cc1-c1nn2c(C(CC)CC)nc(C)c2c(=O)[nH]1. The van der Waals surface area contributed by atoms with Crippen LogP contribution in [0.1, 0.15) is 51.0 Å². The zero-order chi connectivity index (χ0) is 28.3. The number of benzene rings is 2. The van der Waals surface area contributed by atoms with Crippen LogP contribution in [0.15, 0.2) is 52.2 Å². The number of hydrogen-bond acceptors (Lipinski definition) is 7. The summed E-state index contributed by atoms with van der Waals surface area (Å²) in [6.45, 7) is 7.97. The molecular weight excluding hydrogens is 527 g/mol. The van der Waals surface area contributed by atoms with Crippen molar-refractivity contribution in [2.24, 2.45) is 0 Å². The summed E-state index contributed by atoms with van der Waals surface area (Å²) in [5.74, 6) is 0.745. The topological polar surface area (TPSA) is 148 Å². The standard InChI is InChI=1S/C26H29FN6O5S/c1-5-16(6-2)24-28-15(4)22-25(34)30-23(31-33(22)24)20-14-18(10-13-21(20)38-7-3)29-26(35)32-39(36,37)19-11-8-17(27)9-12-19/h8-14,16H,5-7H2,1-4H3,(H2,29,32,35)(H,30,31,34). The minimum Gasteiger partial charge on any atom is -0.493 e.